The highest BCUT2D eigenvalue weighted by atomic mass is 16.5. The Balaban J connectivity index is 1.23. The Labute approximate surface area is 224 Å². The van der Waals surface area contributed by atoms with Gasteiger partial charge in [-0.15, -0.1) is 0 Å². The summed E-state index contributed by atoms with van der Waals surface area (Å²) in [6.45, 7) is 4.57. The molecule has 2 aliphatic rings. The van der Waals surface area contributed by atoms with Crippen LogP contribution < -0.4 is 5.32 Å². The Morgan fingerprint density at radius 1 is 0.868 bits per heavy atom. The summed E-state index contributed by atoms with van der Waals surface area (Å²) in [5.74, 6) is -0.681. The van der Waals surface area contributed by atoms with E-state index < -0.39 is 0 Å². The molecule has 0 radical (unpaired) electrons. The van der Waals surface area contributed by atoms with Gasteiger partial charge in [-0.3, -0.25) is 19.3 Å². The Hall–Kier alpha value is -3.71. The van der Waals surface area contributed by atoms with Gasteiger partial charge >= 0.3 is 0 Å². The van der Waals surface area contributed by atoms with Crippen LogP contribution in [0.2, 0.25) is 0 Å². The average Bonchev–Trinajstić information content (AvgIpc) is 2.94. The number of methoxy groups -OCH3 is 2. The molecule has 2 aromatic rings. The number of amides is 1. The molecule has 1 saturated heterocycles. The molecule has 0 atom stereocenters. The number of aryl methyl sites for hydroxylation is 1. The first-order chi connectivity index (χ1) is 18.4. The Kier molecular flexibility index (Phi) is 9.13. The maximum Gasteiger partial charge on any atom is 0.228 e. The van der Waals surface area contributed by atoms with Crippen LogP contribution >= 0.6 is 0 Å². The molecule has 7 heteroatoms. The van der Waals surface area contributed by atoms with E-state index in [2.05, 4.69) is 34.5 Å². The highest BCUT2D eigenvalue weighted by Crippen LogP contribution is 2.28. The predicted molar refractivity (Wildman–Crippen MR) is 145 cm³/mol. The zero-order valence-corrected chi connectivity index (χ0v) is 22.4. The largest absolute Gasteiger partial charge is 0.489 e. The summed E-state index contributed by atoms with van der Waals surface area (Å²) >= 11 is 0. The van der Waals surface area contributed by atoms with Crippen molar-refractivity contribution in [3.63, 3.8) is 0 Å². The summed E-state index contributed by atoms with van der Waals surface area (Å²) in [5, 5.41) is 3.20. The molecule has 38 heavy (non-hydrogen) atoms. The van der Waals surface area contributed by atoms with Crippen LogP contribution in [0.15, 0.2) is 77.3 Å². The number of rotatable bonds is 10. The van der Waals surface area contributed by atoms with Gasteiger partial charge in [-0.05, 0) is 42.9 Å². The molecule has 0 unspecified atom stereocenters. The predicted octanol–water partition coefficient (Wildman–Crippen LogP) is 3.92. The van der Waals surface area contributed by atoms with Crippen molar-refractivity contribution in [2.24, 2.45) is 0 Å². The normalized spacial score (nSPS) is 17.1. The van der Waals surface area contributed by atoms with Crippen molar-refractivity contribution in [3.05, 3.63) is 94.0 Å². The van der Waals surface area contributed by atoms with Crippen molar-refractivity contribution in [1.82, 2.24) is 10.2 Å². The number of likely N-dealkylation sites (tertiary alicyclic amines) is 1. The van der Waals surface area contributed by atoms with E-state index in [1.165, 1.54) is 19.8 Å². The van der Waals surface area contributed by atoms with Gasteiger partial charge in [0, 0.05) is 49.7 Å². The van der Waals surface area contributed by atoms with Crippen molar-refractivity contribution in [3.8, 4) is 0 Å². The van der Waals surface area contributed by atoms with E-state index in [0.29, 0.717) is 30.4 Å². The maximum atomic E-state index is 12.9. The van der Waals surface area contributed by atoms with E-state index >= 15 is 0 Å². The number of hydrogen-bond donors (Lipinski definition) is 1. The number of Topliss-reactive ketones (excluding diaryl/α,β-unsaturated/α-hetero) is 2. The molecule has 2 aromatic carbocycles. The molecule has 0 bridgehead atoms. The van der Waals surface area contributed by atoms with Crippen molar-refractivity contribution in [2.75, 3.05) is 27.3 Å². The monoisotopic (exact) mass is 516 g/mol. The molecule has 1 amide bonds. The molecule has 0 spiro atoms. The van der Waals surface area contributed by atoms with Gasteiger partial charge in [0.05, 0.1) is 14.2 Å². The van der Waals surface area contributed by atoms with Crippen LogP contribution in [0.1, 0.15) is 42.9 Å². The summed E-state index contributed by atoms with van der Waals surface area (Å²) in [5.41, 5.74) is 4.07. The number of carbonyl (C=O) groups excluding carboxylic acids is 3. The van der Waals surface area contributed by atoms with Crippen molar-refractivity contribution >= 4 is 17.5 Å². The molecule has 1 heterocycles. The molecule has 7 nitrogen and oxygen atoms in total. The van der Waals surface area contributed by atoms with Gasteiger partial charge in [0.15, 0.2) is 0 Å². The molecular formula is C31H36N2O5. The number of hydrogen-bond acceptors (Lipinski definition) is 6. The lowest BCUT2D eigenvalue weighted by Gasteiger charge is -2.32. The third-order valence-corrected chi connectivity index (χ3v) is 7.34. The quantitative estimate of drug-likeness (QED) is 0.482. The van der Waals surface area contributed by atoms with Gasteiger partial charge in [0.2, 0.25) is 29.0 Å². The van der Waals surface area contributed by atoms with Crippen LogP contribution in [0, 0.1) is 0 Å². The van der Waals surface area contributed by atoms with E-state index in [4.69, 9.17) is 9.47 Å². The second-order valence-electron chi connectivity index (χ2n) is 9.93. The fourth-order valence-corrected chi connectivity index (χ4v) is 5.07. The molecule has 0 aromatic heterocycles. The fourth-order valence-electron chi connectivity index (χ4n) is 5.07. The van der Waals surface area contributed by atoms with E-state index in [1.807, 2.05) is 30.3 Å². The van der Waals surface area contributed by atoms with E-state index in [9.17, 15) is 14.4 Å². The number of allylic oxidation sites excluding steroid dienone is 2. The average molecular weight is 517 g/mol. The molecule has 200 valence electrons. The van der Waals surface area contributed by atoms with Crippen molar-refractivity contribution in [2.45, 2.75) is 51.6 Å². The molecule has 1 aliphatic carbocycles. The molecule has 0 saturated carbocycles. The Bertz CT molecular complexity index is 1220. The lowest BCUT2D eigenvalue weighted by atomic mass is 9.88. The summed E-state index contributed by atoms with van der Waals surface area (Å²) in [7, 11) is 2.71. The fraction of sp³-hybridized carbons (Fsp3) is 0.387. The molecular weight excluding hydrogens is 480 g/mol. The molecule has 4 rings (SSSR count). The zero-order valence-electron chi connectivity index (χ0n) is 22.4. The summed E-state index contributed by atoms with van der Waals surface area (Å²) in [6.07, 6.45) is 3.34. The molecule has 1 N–H and O–H groups in total. The number of carbonyl (C=O) groups is 3. The van der Waals surface area contributed by atoms with E-state index in [0.717, 1.165) is 43.6 Å². The highest BCUT2D eigenvalue weighted by molar-refractivity contribution is 6.23. The van der Waals surface area contributed by atoms with Crippen molar-refractivity contribution < 1.29 is 23.9 Å². The first-order valence-corrected chi connectivity index (χ1v) is 13.1. The van der Waals surface area contributed by atoms with Gasteiger partial charge in [-0.25, -0.2) is 0 Å². The van der Waals surface area contributed by atoms with E-state index in [1.54, 1.807) is 6.92 Å². The van der Waals surface area contributed by atoms with E-state index in [-0.39, 0.29) is 35.0 Å². The molecule has 1 aliphatic heterocycles. The van der Waals surface area contributed by atoms with Gasteiger partial charge in [0.25, 0.3) is 0 Å². The maximum absolute atomic E-state index is 12.9. The summed E-state index contributed by atoms with van der Waals surface area (Å²) in [4.78, 5) is 40.5. The Morgan fingerprint density at radius 3 is 2.11 bits per heavy atom. The first-order valence-electron chi connectivity index (χ1n) is 13.1. The summed E-state index contributed by atoms with van der Waals surface area (Å²) in [6, 6.07) is 18.5. The minimum absolute atomic E-state index is 0.0508. The smallest absolute Gasteiger partial charge is 0.228 e. The zero-order chi connectivity index (χ0) is 27.1. The number of nitrogens with one attached hydrogen (secondary N) is 1. The highest BCUT2D eigenvalue weighted by Gasteiger charge is 2.34. The number of ketones is 2. The van der Waals surface area contributed by atoms with Crippen LogP contribution in [0.25, 0.3) is 0 Å². The lowest BCUT2D eigenvalue weighted by molar-refractivity contribution is -0.122. The van der Waals surface area contributed by atoms with Gasteiger partial charge in [0.1, 0.15) is 0 Å². The third-order valence-electron chi connectivity index (χ3n) is 7.34. The summed E-state index contributed by atoms with van der Waals surface area (Å²) < 4.78 is 10.3. The van der Waals surface area contributed by atoms with Crippen molar-refractivity contribution in [1.29, 1.82) is 0 Å². The van der Waals surface area contributed by atoms with Gasteiger partial charge in [-0.2, -0.15) is 0 Å². The van der Waals surface area contributed by atoms with Crippen LogP contribution in [0.5, 0.6) is 0 Å². The minimum atomic E-state index is -0.330. The second kappa shape index (κ2) is 12.7. The van der Waals surface area contributed by atoms with Gasteiger partial charge < -0.3 is 14.8 Å². The number of ether oxygens (including phenoxy) is 2. The van der Waals surface area contributed by atoms with Gasteiger partial charge in [-0.1, -0.05) is 54.6 Å². The number of nitrogens with zero attached hydrogens (tertiary/aromatic N) is 1. The van der Waals surface area contributed by atoms with Crippen LogP contribution in [-0.4, -0.2) is 55.7 Å². The lowest BCUT2D eigenvalue weighted by Crippen LogP contribution is -2.44. The topological polar surface area (TPSA) is 84.9 Å². The van der Waals surface area contributed by atoms with Crippen LogP contribution in [-0.2, 0) is 43.2 Å². The third kappa shape index (κ3) is 6.58. The Morgan fingerprint density at radius 2 is 1.47 bits per heavy atom. The van der Waals surface area contributed by atoms with Crippen LogP contribution in [0.3, 0.4) is 0 Å². The SMILES string of the molecule is COC1=C(OC)C(=O)C(Cc2ccc(CCC(=O)NC3CCN(Cc4ccccc4)CC3)cc2)=C(C)C1=O. The van der Waals surface area contributed by atoms with Crippen LogP contribution in [0.4, 0.5) is 0 Å². The number of benzene rings is 2. The molecule has 1 fully saturated rings. The standard InChI is InChI=1S/C31H36N2O5/c1-21-26(29(36)31(38-3)30(37-2)28(21)35)19-23-11-9-22(10-12-23)13-14-27(34)32-25-15-17-33(18-16-25)20-24-7-5-4-6-8-24/h4-12,25H,13-20H2,1-3H3,(H,32,34). The first kappa shape index (κ1) is 27.3. The second-order valence-corrected chi connectivity index (χ2v) is 9.93. The minimum Gasteiger partial charge on any atom is -0.489 e. The number of piperidine rings is 1.